The van der Waals surface area contributed by atoms with E-state index in [1.807, 2.05) is 18.2 Å². The molecule has 1 aromatic rings. The molecule has 0 aliphatic carbocycles. The lowest BCUT2D eigenvalue weighted by molar-refractivity contribution is 0.309. The van der Waals surface area contributed by atoms with E-state index in [1.165, 1.54) is 0 Å². The van der Waals surface area contributed by atoms with Gasteiger partial charge in [0.2, 0.25) is 0 Å². The maximum atomic E-state index is 5.58. The van der Waals surface area contributed by atoms with Gasteiger partial charge < -0.3 is 4.74 Å². The van der Waals surface area contributed by atoms with Gasteiger partial charge in [-0.05, 0) is 31.3 Å². The second kappa shape index (κ2) is 6.02. The van der Waals surface area contributed by atoms with Crippen LogP contribution >= 0.6 is 0 Å². The molecule has 1 rings (SSSR count). The lowest BCUT2D eigenvalue weighted by Gasteiger charge is -2.07. The monoisotopic (exact) mass is 203 g/mol. The third-order valence-electron chi connectivity index (χ3n) is 2.16. The van der Waals surface area contributed by atoms with Gasteiger partial charge in [-0.15, -0.1) is 0 Å². The molecule has 0 saturated carbocycles. The molecule has 0 radical (unpaired) electrons. The first-order valence-electron chi connectivity index (χ1n) is 5.17. The van der Waals surface area contributed by atoms with E-state index in [4.69, 9.17) is 4.74 Å². The van der Waals surface area contributed by atoms with Gasteiger partial charge in [0.25, 0.3) is 0 Å². The van der Waals surface area contributed by atoms with Gasteiger partial charge in [-0.25, -0.2) is 0 Å². The maximum absolute atomic E-state index is 5.58. The minimum absolute atomic E-state index is 0.758. The Kier molecular flexibility index (Phi) is 4.61. The summed E-state index contributed by atoms with van der Waals surface area (Å²) in [5.41, 5.74) is 1.80. The average Bonchev–Trinajstić information content (AvgIpc) is 2.29. The van der Waals surface area contributed by atoms with Crippen LogP contribution in [0.1, 0.15) is 25.3 Å². The number of unbranched alkanes of at least 4 members (excludes halogenated alkanes) is 1. The number of ether oxygens (including phenoxy) is 1. The average molecular weight is 203 g/mol. The highest BCUT2D eigenvalue weighted by Gasteiger charge is 1.99. The van der Waals surface area contributed by atoms with Crippen molar-refractivity contribution in [2.45, 2.75) is 19.8 Å². The molecule has 0 unspecified atom stereocenters. The first-order chi connectivity index (χ1) is 7.31. The van der Waals surface area contributed by atoms with Crippen LogP contribution in [0.25, 0.3) is 6.08 Å². The van der Waals surface area contributed by atoms with E-state index in [2.05, 4.69) is 25.2 Å². The first-order valence-corrected chi connectivity index (χ1v) is 5.17. The zero-order valence-corrected chi connectivity index (χ0v) is 9.20. The third-order valence-corrected chi connectivity index (χ3v) is 2.16. The zero-order chi connectivity index (χ0) is 11.1. The smallest absolute Gasteiger partial charge is 0.120 e. The Hall–Kier alpha value is -1.57. The van der Waals surface area contributed by atoms with E-state index < -0.39 is 0 Å². The van der Waals surface area contributed by atoms with Crippen molar-refractivity contribution in [3.8, 4) is 5.75 Å². The van der Waals surface area contributed by atoms with Crippen molar-refractivity contribution in [1.82, 2.24) is 0 Å². The summed E-state index contributed by atoms with van der Waals surface area (Å²) >= 11 is 0. The fraction of sp³-hybridized carbons (Fsp3) is 0.308. The molecule has 0 N–H and O–H groups in total. The summed E-state index contributed by atoms with van der Waals surface area (Å²) in [5.74, 6) is 0.866. The van der Waals surface area contributed by atoms with Gasteiger partial charge in [0, 0.05) is 5.56 Å². The van der Waals surface area contributed by atoms with Gasteiger partial charge in [-0.1, -0.05) is 26.0 Å². The summed E-state index contributed by atoms with van der Waals surface area (Å²) in [6.45, 7) is 10.1. The molecule has 15 heavy (non-hydrogen) atoms. The second-order valence-electron chi connectivity index (χ2n) is 3.28. The van der Waals surface area contributed by atoms with Crippen LogP contribution < -0.4 is 4.74 Å². The molecule has 0 bridgehead atoms. The molecule has 0 aliphatic rings. The normalized spacial score (nSPS) is 9.67. The van der Waals surface area contributed by atoms with E-state index in [1.54, 1.807) is 6.08 Å². The Labute approximate surface area is 91.3 Å². The van der Waals surface area contributed by atoms with Crippen LogP contribution in [0.3, 0.4) is 0 Å². The molecule has 80 valence electrons. The van der Waals surface area contributed by atoms with Crippen LogP contribution in [0.5, 0.6) is 5.75 Å². The predicted octanol–water partition coefficient (Wildman–Crippen LogP) is 3.84. The van der Waals surface area contributed by atoms with E-state index in [0.29, 0.717) is 0 Å². The molecule has 1 aromatic carbocycles. The summed E-state index contributed by atoms with van der Waals surface area (Å²) in [5, 5.41) is 0. The highest BCUT2D eigenvalue weighted by atomic mass is 16.5. The van der Waals surface area contributed by atoms with E-state index in [0.717, 1.165) is 36.4 Å². The molecule has 0 fully saturated rings. The van der Waals surface area contributed by atoms with Gasteiger partial charge in [0.1, 0.15) is 5.75 Å². The molecular formula is C13H17NO. The van der Waals surface area contributed by atoms with Crippen molar-refractivity contribution in [1.29, 1.82) is 0 Å². The molecule has 2 heteroatoms. The van der Waals surface area contributed by atoms with E-state index >= 15 is 0 Å². The number of nitrogens with zero attached hydrogens (tertiary/aromatic N) is 1. The Balaban J connectivity index is 2.74. The van der Waals surface area contributed by atoms with E-state index in [-0.39, 0.29) is 0 Å². The molecular weight excluding hydrogens is 186 g/mol. The Morgan fingerprint density at radius 1 is 1.47 bits per heavy atom. The SMILES string of the molecule is C=Cc1cc(OCCCC)ccc1N=C. The van der Waals surface area contributed by atoms with Crippen molar-refractivity contribution < 1.29 is 4.74 Å². The van der Waals surface area contributed by atoms with Gasteiger partial charge in [-0.2, -0.15) is 0 Å². The fourth-order valence-electron chi connectivity index (χ4n) is 1.26. The molecule has 0 spiro atoms. The first kappa shape index (κ1) is 11.5. The summed E-state index contributed by atoms with van der Waals surface area (Å²) in [6, 6.07) is 5.74. The van der Waals surface area contributed by atoms with Crippen LogP contribution in [-0.2, 0) is 0 Å². The van der Waals surface area contributed by atoms with Crippen molar-refractivity contribution >= 4 is 18.5 Å². The quantitative estimate of drug-likeness (QED) is 0.508. The third kappa shape index (κ3) is 3.24. The Morgan fingerprint density at radius 3 is 2.87 bits per heavy atom. The van der Waals surface area contributed by atoms with Crippen molar-refractivity contribution in [2.24, 2.45) is 4.99 Å². The number of hydrogen-bond donors (Lipinski definition) is 0. The predicted molar refractivity (Wildman–Crippen MR) is 66.1 cm³/mol. The zero-order valence-electron chi connectivity index (χ0n) is 9.20. The summed E-state index contributed by atoms with van der Waals surface area (Å²) in [6.07, 6.45) is 3.97. The Morgan fingerprint density at radius 2 is 2.27 bits per heavy atom. The van der Waals surface area contributed by atoms with Crippen LogP contribution in [0.15, 0.2) is 29.8 Å². The van der Waals surface area contributed by atoms with Gasteiger partial charge >= 0.3 is 0 Å². The fourth-order valence-corrected chi connectivity index (χ4v) is 1.26. The maximum Gasteiger partial charge on any atom is 0.120 e. The van der Waals surface area contributed by atoms with Crippen LogP contribution in [0, 0.1) is 0 Å². The standard InChI is InChI=1S/C13H17NO/c1-4-6-9-15-12-7-8-13(14-3)11(5-2)10-12/h5,7-8,10H,2-4,6,9H2,1H3. The topological polar surface area (TPSA) is 21.6 Å². The molecule has 0 atom stereocenters. The van der Waals surface area contributed by atoms with Gasteiger partial charge in [0.05, 0.1) is 12.3 Å². The van der Waals surface area contributed by atoms with E-state index in [9.17, 15) is 0 Å². The Bertz CT molecular complexity index is 344. The minimum Gasteiger partial charge on any atom is -0.494 e. The van der Waals surface area contributed by atoms with Crippen LogP contribution in [0.2, 0.25) is 0 Å². The van der Waals surface area contributed by atoms with Crippen LogP contribution in [-0.4, -0.2) is 13.3 Å². The van der Waals surface area contributed by atoms with Gasteiger partial charge in [0.15, 0.2) is 0 Å². The number of benzene rings is 1. The summed E-state index contributed by atoms with van der Waals surface area (Å²) in [4.78, 5) is 3.90. The molecule has 0 saturated heterocycles. The molecule has 0 heterocycles. The lowest BCUT2D eigenvalue weighted by atomic mass is 10.1. The lowest BCUT2D eigenvalue weighted by Crippen LogP contribution is -1.96. The number of hydrogen-bond acceptors (Lipinski definition) is 2. The molecule has 0 amide bonds. The largest absolute Gasteiger partial charge is 0.494 e. The number of rotatable bonds is 6. The van der Waals surface area contributed by atoms with Crippen molar-refractivity contribution in [2.75, 3.05) is 6.61 Å². The molecule has 0 aromatic heterocycles. The number of aliphatic imine (C=N–C) groups is 1. The molecule has 2 nitrogen and oxygen atoms in total. The summed E-state index contributed by atoms with van der Waals surface area (Å²) < 4.78 is 5.58. The highest BCUT2D eigenvalue weighted by Crippen LogP contribution is 2.25. The second-order valence-corrected chi connectivity index (χ2v) is 3.28. The summed E-state index contributed by atoms with van der Waals surface area (Å²) in [7, 11) is 0. The van der Waals surface area contributed by atoms with Gasteiger partial charge in [-0.3, -0.25) is 4.99 Å². The van der Waals surface area contributed by atoms with Crippen molar-refractivity contribution in [3.05, 3.63) is 30.3 Å². The highest BCUT2D eigenvalue weighted by molar-refractivity contribution is 5.66. The van der Waals surface area contributed by atoms with Crippen molar-refractivity contribution in [3.63, 3.8) is 0 Å². The molecule has 0 aliphatic heterocycles. The minimum atomic E-state index is 0.758. The van der Waals surface area contributed by atoms with Crippen LogP contribution in [0.4, 0.5) is 5.69 Å².